The van der Waals surface area contributed by atoms with E-state index in [1.165, 1.54) is 0 Å². The van der Waals surface area contributed by atoms with Crippen molar-refractivity contribution < 1.29 is 4.74 Å². The normalized spacial score (nSPS) is 9.88. The van der Waals surface area contributed by atoms with Gasteiger partial charge in [0.1, 0.15) is 23.2 Å². The van der Waals surface area contributed by atoms with Gasteiger partial charge in [-0.3, -0.25) is 0 Å². The van der Waals surface area contributed by atoms with Gasteiger partial charge in [-0.1, -0.05) is 24.3 Å². The number of nitrogens with zero attached hydrogens (tertiary/aromatic N) is 3. The van der Waals surface area contributed by atoms with Crippen LogP contribution in [-0.4, -0.2) is 12.1 Å². The monoisotopic (exact) mass is 326 g/mol. The molecule has 0 aliphatic carbocycles. The number of hydrogen-bond acceptors (Lipinski definition) is 5. The molecule has 2 aromatic carbocycles. The van der Waals surface area contributed by atoms with Crippen molar-refractivity contribution in [2.45, 2.75) is 0 Å². The molecule has 1 aromatic heterocycles. The Kier molecular flexibility index (Phi) is 4.32. The molecule has 120 valence electrons. The number of para-hydroxylation sites is 1. The minimum atomic E-state index is 0.158. The van der Waals surface area contributed by atoms with E-state index in [0.29, 0.717) is 28.1 Å². The molecule has 0 amide bonds. The Morgan fingerprint density at radius 2 is 1.68 bits per heavy atom. The van der Waals surface area contributed by atoms with Gasteiger partial charge in [-0.05, 0) is 35.9 Å². The van der Waals surface area contributed by atoms with Crippen molar-refractivity contribution in [2.75, 3.05) is 12.8 Å². The summed E-state index contributed by atoms with van der Waals surface area (Å²) >= 11 is 0. The van der Waals surface area contributed by atoms with E-state index in [9.17, 15) is 5.26 Å². The molecule has 2 N–H and O–H groups in total. The third kappa shape index (κ3) is 2.99. The van der Waals surface area contributed by atoms with E-state index >= 15 is 0 Å². The Labute approximate surface area is 145 Å². The summed E-state index contributed by atoms with van der Waals surface area (Å²) < 4.78 is 5.39. The van der Waals surface area contributed by atoms with Crippen molar-refractivity contribution >= 4 is 5.82 Å². The Morgan fingerprint density at radius 1 is 0.960 bits per heavy atom. The number of benzene rings is 2. The van der Waals surface area contributed by atoms with E-state index in [0.717, 1.165) is 11.1 Å². The number of nitrogen functional groups attached to an aromatic ring is 1. The molecule has 5 heteroatoms. The summed E-state index contributed by atoms with van der Waals surface area (Å²) in [6.45, 7) is 0. The summed E-state index contributed by atoms with van der Waals surface area (Å²) in [7, 11) is 1.59. The predicted octanol–water partition coefficient (Wildman–Crippen LogP) is 3.75. The van der Waals surface area contributed by atoms with Gasteiger partial charge in [0.25, 0.3) is 0 Å². The average molecular weight is 326 g/mol. The largest absolute Gasteiger partial charge is 0.496 e. The molecule has 5 nitrogen and oxygen atoms in total. The molecule has 0 atom stereocenters. The second-order valence-electron chi connectivity index (χ2n) is 5.32. The minimum Gasteiger partial charge on any atom is -0.496 e. The fourth-order valence-electron chi connectivity index (χ4n) is 2.63. The molecular formula is C20H14N4O. The van der Waals surface area contributed by atoms with Crippen molar-refractivity contribution in [3.63, 3.8) is 0 Å². The first-order chi connectivity index (χ1) is 12.2. The van der Waals surface area contributed by atoms with Gasteiger partial charge in [-0.2, -0.15) is 10.5 Å². The van der Waals surface area contributed by atoms with Gasteiger partial charge in [0.15, 0.2) is 0 Å². The molecule has 3 rings (SSSR count). The molecule has 0 saturated heterocycles. The van der Waals surface area contributed by atoms with Crippen LogP contribution in [0.2, 0.25) is 0 Å². The molecule has 25 heavy (non-hydrogen) atoms. The SMILES string of the molecule is COc1ccccc1-c1cc(-c2ccc(C#N)cc2)c(C#N)c(N)n1. The number of hydrogen-bond donors (Lipinski definition) is 1. The first-order valence-electron chi connectivity index (χ1n) is 7.52. The smallest absolute Gasteiger partial charge is 0.142 e. The number of nitrogens with two attached hydrogens (primary N) is 1. The van der Waals surface area contributed by atoms with Crippen molar-refractivity contribution in [1.29, 1.82) is 10.5 Å². The van der Waals surface area contributed by atoms with Crippen LogP contribution in [0, 0.1) is 22.7 Å². The maximum Gasteiger partial charge on any atom is 0.142 e. The van der Waals surface area contributed by atoms with Gasteiger partial charge in [0.2, 0.25) is 0 Å². The lowest BCUT2D eigenvalue weighted by atomic mass is 9.97. The molecule has 0 aliphatic heterocycles. The highest BCUT2D eigenvalue weighted by Crippen LogP contribution is 2.34. The van der Waals surface area contributed by atoms with Gasteiger partial charge < -0.3 is 10.5 Å². The zero-order valence-corrected chi connectivity index (χ0v) is 13.5. The molecule has 0 fully saturated rings. The van der Waals surface area contributed by atoms with Crippen molar-refractivity contribution in [2.24, 2.45) is 0 Å². The lowest BCUT2D eigenvalue weighted by Crippen LogP contribution is -2.00. The zero-order chi connectivity index (χ0) is 17.8. The van der Waals surface area contributed by atoms with Crippen LogP contribution in [0.25, 0.3) is 22.4 Å². The minimum absolute atomic E-state index is 0.158. The maximum atomic E-state index is 9.48. The predicted molar refractivity (Wildman–Crippen MR) is 95.5 cm³/mol. The number of ether oxygens (including phenoxy) is 1. The van der Waals surface area contributed by atoms with E-state index < -0.39 is 0 Å². The Balaban J connectivity index is 2.23. The van der Waals surface area contributed by atoms with Gasteiger partial charge in [-0.25, -0.2) is 4.98 Å². The van der Waals surface area contributed by atoms with Crippen LogP contribution in [0.1, 0.15) is 11.1 Å². The van der Waals surface area contributed by atoms with Crippen LogP contribution in [0.3, 0.4) is 0 Å². The highest BCUT2D eigenvalue weighted by atomic mass is 16.5. The summed E-state index contributed by atoms with van der Waals surface area (Å²) in [6.07, 6.45) is 0. The van der Waals surface area contributed by atoms with Crippen LogP contribution >= 0.6 is 0 Å². The van der Waals surface area contributed by atoms with E-state index in [1.807, 2.05) is 30.3 Å². The van der Waals surface area contributed by atoms with Gasteiger partial charge >= 0.3 is 0 Å². The fourth-order valence-corrected chi connectivity index (χ4v) is 2.63. The van der Waals surface area contributed by atoms with E-state index in [2.05, 4.69) is 17.1 Å². The molecule has 3 aromatic rings. The lowest BCUT2D eigenvalue weighted by Gasteiger charge is -2.12. The van der Waals surface area contributed by atoms with E-state index in [1.54, 1.807) is 31.4 Å². The summed E-state index contributed by atoms with van der Waals surface area (Å²) in [5.74, 6) is 0.829. The molecule has 1 heterocycles. The second kappa shape index (κ2) is 6.74. The molecule has 0 aliphatic rings. The summed E-state index contributed by atoms with van der Waals surface area (Å²) in [5.41, 5.74) is 9.75. The number of anilines is 1. The molecule has 0 unspecified atom stereocenters. The van der Waals surface area contributed by atoms with Crippen LogP contribution in [0.15, 0.2) is 54.6 Å². The Bertz CT molecular complexity index is 1010. The van der Waals surface area contributed by atoms with Gasteiger partial charge in [-0.15, -0.1) is 0 Å². The summed E-state index contributed by atoms with van der Waals surface area (Å²) in [5, 5.41) is 18.4. The third-order valence-electron chi connectivity index (χ3n) is 3.87. The molecule has 0 saturated carbocycles. The number of nitriles is 2. The van der Waals surface area contributed by atoms with E-state index in [-0.39, 0.29) is 5.82 Å². The van der Waals surface area contributed by atoms with E-state index in [4.69, 9.17) is 15.7 Å². The Morgan fingerprint density at radius 3 is 2.32 bits per heavy atom. The summed E-state index contributed by atoms with van der Waals surface area (Å²) in [4.78, 5) is 4.37. The zero-order valence-electron chi connectivity index (χ0n) is 13.5. The van der Waals surface area contributed by atoms with Crippen molar-refractivity contribution in [1.82, 2.24) is 4.98 Å². The molecule has 0 bridgehead atoms. The fraction of sp³-hybridized carbons (Fsp3) is 0.0500. The number of aromatic nitrogens is 1. The standard InChI is InChI=1S/C20H14N4O/c1-25-19-5-3-2-4-15(19)18-10-16(17(12-22)20(23)24-18)14-8-6-13(11-21)7-9-14/h2-10H,1H3,(H2,23,24). The highest BCUT2D eigenvalue weighted by Gasteiger charge is 2.15. The highest BCUT2D eigenvalue weighted by molar-refractivity contribution is 5.81. The van der Waals surface area contributed by atoms with Gasteiger partial charge in [0.05, 0.1) is 24.4 Å². The second-order valence-corrected chi connectivity index (χ2v) is 5.32. The summed E-state index contributed by atoms with van der Waals surface area (Å²) in [6, 6.07) is 20.5. The van der Waals surface area contributed by atoms with Crippen LogP contribution < -0.4 is 10.5 Å². The topological polar surface area (TPSA) is 95.7 Å². The first-order valence-corrected chi connectivity index (χ1v) is 7.52. The van der Waals surface area contributed by atoms with Crippen LogP contribution in [0.4, 0.5) is 5.82 Å². The van der Waals surface area contributed by atoms with Crippen LogP contribution in [0.5, 0.6) is 5.75 Å². The third-order valence-corrected chi connectivity index (χ3v) is 3.87. The number of methoxy groups -OCH3 is 1. The van der Waals surface area contributed by atoms with Crippen molar-refractivity contribution in [3.8, 4) is 40.3 Å². The average Bonchev–Trinajstić information content (AvgIpc) is 2.67. The number of pyridine rings is 1. The van der Waals surface area contributed by atoms with Gasteiger partial charge in [0, 0.05) is 11.1 Å². The maximum absolute atomic E-state index is 9.48. The number of rotatable bonds is 3. The first kappa shape index (κ1) is 16.0. The van der Waals surface area contributed by atoms with Crippen LogP contribution in [-0.2, 0) is 0 Å². The molecular weight excluding hydrogens is 312 g/mol. The quantitative estimate of drug-likeness (QED) is 0.790. The molecule has 0 spiro atoms. The lowest BCUT2D eigenvalue weighted by molar-refractivity contribution is 0.416. The molecule has 0 radical (unpaired) electrons. The Hall–Kier alpha value is -3.83. The van der Waals surface area contributed by atoms with Crippen molar-refractivity contribution in [3.05, 3.63) is 65.7 Å².